The summed E-state index contributed by atoms with van der Waals surface area (Å²) < 4.78 is 79.6. The van der Waals surface area contributed by atoms with E-state index in [-0.39, 0.29) is 5.56 Å². The standard InChI is InChI=1S/C13H6F6O2/c14-8-5-6(1-4-10(8)21-13(17,18)19)7-2-3-9(20)12(16)11(7)15/h1-5,20H. The Morgan fingerprint density at radius 1 is 0.905 bits per heavy atom. The molecule has 0 fully saturated rings. The third-order valence-electron chi connectivity index (χ3n) is 2.53. The van der Waals surface area contributed by atoms with Crippen LogP contribution in [0.15, 0.2) is 30.3 Å². The summed E-state index contributed by atoms with van der Waals surface area (Å²) in [4.78, 5) is 0. The zero-order chi connectivity index (χ0) is 15.8. The highest BCUT2D eigenvalue weighted by Crippen LogP contribution is 2.33. The molecule has 0 aliphatic rings. The molecule has 2 aromatic rings. The molecule has 0 saturated heterocycles. The summed E-state index contributed by atoms with van der Waals surface area (Å²) in [7, 11) is 0. The second-order valence-corrected chi connectivity index (χ2v) is 3.95. The number of halogens is 6. The summed E-state index contributed by atoms with van der Waals surface area (Å²) in [5.41, 5.74) is -0.624. The first-order valence-corrected chi connectivity index (χ1v) is 5.41. The van der Waals surface area contributed by atoms with Crippen LogP contribution in [0, 0.1) is 17.5 Å². The van der Waals surface area contributed by atoms with Crippen molar-refractivity contribution in [1.29, 1.82) is 0 Å². The molecule has 0 aromatic heterocycles. The van der Waals surface area contributed by atoms with E-state index >= 15 is 0 Å². The van der Waals surface area contributed by atoms with Gasteiger partial charge in [-0.2, -0.15) is 4.39 Å². The molecule has 1 N–H and O–H groups in total. The summed E-state index contributed by atoms with van der Waals surface area (Å²) in [5, 5.41) is 8.96. The van der Waals surface area contributed by atoms with Gasteiger partial charge in [0.05, 0.1) is 0 Å². The number of phenols is 1. The zero-order valence-electron chi connectivity index (χ0n) is 10.0. The molecule has 2 aromatic carbocycles. The van der Waals surface area contributed by atoms with E-state index in [1.54, 1.807) is 0 Å². The average molecular weight is 308 g/mol. The predicted octanol–water partition coefficient (Wildman–Crippen LogP) is 4.38. The molecule has 0 atom stereocenters. The number of hydrogen-bond donors (Lipinski definition) is 1. The molecule has 0 amide bonds. The molecule has 0 spiro atoms. The first-order chi connectivity index (χ1) is 9.69. The van der Waals surface area contributed by atoms with Gasteiger partial charge in [0.25, 0.3) is 0 Å². The molecule has 2 nitrogen and oxygen atoms in total. The van der Waals surface area contributed by atoms with Crippen LogP contribution >= 0.6 is 0 Å². The SMILES string of the molecule is Oc1ccc(-c2ccc(OC(F)(F)F)c(F)c2)c(F)c1F. The van der Waals surface area contributed by atoms with Gasteiger partial charge in [-0.15, -0.1) is 13.2 Å². The predicted molar refractivity (Wildman–Crippen MR) is 60.1 cm³/mol. The fourth-order valence-electron chi connectivity index (χ4n) is 1.64. The molecule has 0 heterocycles. The van der Waals surface area contributed by atoms with Gasteiger partial charge in [-0.25, -0.2) is 8.78 Å². The molecular weight excluding hydrogens is 302 g/mol. The molecule has 0 saturated carbocycles. The Morgan fingerprint density at radius 2 is 1.57 bits per heavy atom. The smallest absolute Gasteiger partial charge is 0.505 e. The normalized spacial score (nSPS) is 11.5. The summed E-state index contributed by atoms with van der Waals surface area (Å²) in [6, 6.07) is 3.94. The van der Waals surface area contributed by atoms with Gasteiger partial charge in [0.15, 0.2) is 23.1 Å². The van der Waals surface area contributed by atoms with E-state index in [2.05, 4.69) is 4.74 Å². The lowest BCUT2D eigenvalue weighted by Crippen LogP contribution is -2.17. The number of phenolic OH excluding ortho intramolecular Hbond substituents is 1. The number of ether oxygens (including phenoxy) is 1. The van der Waals surface area contributed by atoms with E-state index in [9.17, 15) is 26.3 Å². The third-order valence-corrected chi connectivity index (χ3v) is 2.53. The van der Waals surface area contributed by atoms with E-state index in [1.807, 2.05) is 0 Å². The first kappa shape index (κ1) is 15.0. The molecule has 0 radical (unpaired) electrons. The van der Waals surface area contributed by atoms with Crippen LogP contribution in [0.2, 0.25) is 0 Å². The van der Waals surface area contributed by atoms with E-state index in [0.717, 1.165) is 18.2 Å². The van der Waals surface area contributed by atoms with Crippen molar-refractivity contribution in [2.24, 2.45) is 0 Å². The van der Waals surface area contributed by atoms with Crippen LogP contribution in [0.3, 0.4) is 0 Å². The second kappa shape index (κ2) is 5.19. The lowest BCUT2D eigenvalue weighted by atomic mass is 10.0. The van der Waals surface area contributed by atoms with E-state index < -0.39 is 40.9 Å². The van der Waals surface area contributed by atoms with Gasteiger partial charge >= 0.3 is 6.36 Å². The first-order valence-electron chi connectivity index (χ1n) is 5.41. The van der Waals surface area contributed by atoms with Crippen molar-refractivity contribution in [1.82, 2.24) is 0 Å². The van der Waals surface area contributed by atoms with Crippen LogP contribution in [-0.2, 0) is 0 Å². The summed E-state index contributed by atoms with van der Waals surface area (Å²) in [5.74, 6) is -6.40. The van der Waals surface area contributed by atoms with Crippen LogP contribution < -0.4 is 4.74 Å². The van der Waals surface area contributed by atoms with Crippen LogP contribution in [0.4, 0.5) is 26.3 Å². The van der Waals surface area contributed by atoms with Gasteiger partial charge < -0.3 is 9.84 Å². The average Bonchev–Trinajstić information content (AvgIpc) is 2.37. The minimum atomic E-state index is -5.07. The molecule has 0 unspecified atom stereocenters. The third kappa shape index (κ3) is 3.21. The van der Waals surface area contributed by atoms with Gasteiger partial charge in [-0.3, -0.25) is 0 Å². The maximum Gasteiger partial charge on any atom is 0.573 e. The number of rotatable bonds is 2. The Bertz CT molecular complexity index is 681. The quantitative estimate of drug-likeness (QED) is 0.835. The number of hydrogen-bond acceptors (Lipinski definition) is 2. The maximum absolute atomic E-state index is 13.6. The highest BCUT2D eigenvalue weighted by molar-refractivity contribution is 5.66. The summed E-state index contributed by atoms with van der Waals surface area (Å²) in [6.45, 7) is 0. The summed E-state index contributed by atoms with van der Waals surface area (Å²) >= 11 is 0. The second-order valence-electron chi connectivity index (χ2n) is 3.95. The van der Waals surface area contributed by atoms with Crippen LogP contribution in [-0.4, -0.2) is 11.5 Å². The highest BCUT2D eigenvalue weighted by Gasteiger charge is 2.32. The van der Waals surface area contributed by atoms with Gasteiger partial charge in [-0.05, 0) is 29.8 Å². The Labute approximate surface area is 114 Å². The van der Waals surface area contributed by atoms with Crippen LogP contribution in [0.1, 0.15) is 0 Å². The lowest BCUT2D eigenvalue weighted by Gasteiger charge is -2.11. The monoisotopic (exact) mass is 308 g/mol. The Balaban J connectivity index is 2.44. The van der Waals surface area contributed by atoms with Gasteiger partial charge in [0, 0.05) is 5.56 Å². The molecule has 0 aliphatic carbocycles. The maximum atomic E-state index is 13.6. The van der Waals surface area contributed by atoms with Crippen molar-refractivity contribution in [3.63, 3.8) is 0 Å². The Morgan fingerprint density at radius 3 is 2.14 bits per heavy atom. The molecular formula is C13H6F6O2. The molecule has 0 aliphatic heterocycles. The zero-order valence-corrected chi connectivity index (χ0v) is 10.0. The molecule has 2 rings (SSSR count). The van der Waals surface area contributed by atoms with E-state index in [1.165, 1.54) is 0 Å². The van der Waals surface area contributed by atoms with E-state index in [0.29, 0.717) is 12.1 Å². The van der Waals surface area contributed by atoms with Gasteiger partial charge in [-0.1, -0.05) is 6.07 Å². The fourth-order valence-corrected chi connectivity index (χ4v) is 1.64. The van der Waals surface area contributed by atoms with Crippen molar-refractivity contribution in [2.45, 2.75) is 6.36 Å². The minimum Gasteiger partial charge on any atom is -0.505 e. The molecule has 112 valence electrons. The van der Waals surface area contributed by atoms with Crippen LogP contribution in [0.25, 0.3) is 11.1 Å². The molecule has 0 bridgehead atoms. The number of alkyl halides is 3. The topological polar surface area (TPSA) is 29.5 Å². The number of benzene rings is 2. The van der Waals surface area contributed by atoms with Crippen LogP contribution in [0.5, 0.6) is 11.5 Å². The van der Waals surface area contributed by atoms with Gasteiger partial charge in [0.1, 0.15) is 0 Å². The highest BCUT2D eigenvalue weighted by atomic mass is 19.4. The van der Waals surface area contributed by atoms with Gasteiger partial charge in [0.2, 0.25) is 5.82 Å². The molecule has 8 heteroatoms. The fraction of sp³-hybridized carbons (Fsp3) is 0.0769. The van der Waals surface area contributed by atoms with Crippen molar-refractivity contribution in [2.75, 3.05) is 0 Å². The largest absolute Gasteiger partial charge is 0.573 e. The minimum absolute atomic E-state index is 0.210. The van der Waals surface area contributed by atoms with Crippen molar-refractivity contribution < 1.29 is 36.2 Å². The Kier molecular flexibility index (Phi) is 3.71. The van der Waals surface area contributed by atoms with E-state index in [4.69, 9.17) is 5.11 Å². The Hall–Kier alpha value is -2.38. The molecule has 21 heavy (non-hydrogen) atoms. The van der Waals surface area contributed by atoms with Crippen molar-refractivity contribution in [3.05, 3.63) is 47.8 Å². The lowest BCUT2D eigenvalue weighted by molar-refractivity contribution is -0.275. The summed E-state index contributed by atoms with van der Waals surface area (Å²) in [6.07, 6.45) is -5.07. The van der Waals surface area contributed by atoms with Crippen molar-refractivity contribution >= 4 is 0 Å². The van der Waals surface area contributed by atoms with Crippen molar-refractivity contribution in [3.8, 4) is 22.6 Å². The number of aromatic hydroxyl groups is 1.